The fourth-order valence-electron chi connectivity index (χ4n) is 2.83. The Morgan fingerprint density at radius 2 is 2.00 bits per heavy atom. The second-order valence-corrected chi connectivity index (χ2v) is 6.20. The highest BCUT2D eigenvalue weighted by atomic mass is 35.5. The molecule has 4 rings (SSSR count). The van der Waals surface area contributed by atoms with Gasteiger partial charge in [-0.1, -0.05) is 29.8 Å². The van der Waals surface area contributed by atoms with Gasteiger partial charge in [0.2, 0.25) is 0 Å². The second kappa shape index (κ2) is 6.00. The van der Waals surface area contributed by atoms with Crippen molar-refractivity contribution in [2.24, 2.45) is 0 Å². The molecule has 0 aliphatic carbocycles. The van der Waals surface area contributed by atoms with Gasteiger partial charge in [0.05, 0.1) is 34.3 Å². The van der Waals surface area contributed by atoms with Crippen LogP contribution in [0.1, 0.15) is 17.4 Å². The third-order valence-electron chi connectivity index (χ3n) is 4.14. The van der Waals surface area contributed by atoms with E-state index in [-0.39, 0.29) is 0 Å². The average Bonchev–Trinajstić information content (AvgIpc) is 3.07. The minimum absolute atomic E-state index is 0.374. The van der Waals surface area contributed by atoms with Gasteiger partial charge in [0.1, 0.15) is 5.52 Å². The Hall–Kier alpha value is -2.67. The van der Waals surface area contributed by atoms with Crippen molar-refractivity contribution >= 4 is 39.7 Å². The van der Waals surface area contributed by atoms with Crippen LogP contribution >= 0.6 is 11.6 Å². The highest BCUT2D eigenvalue weighted by Gasteiger charge is 2.13. The van der Waals surface area contributed by atoms with Crippen molar-refractivity contribution in [1.82, 2.24) is 14.4 Å². The summed E-state index contributed by atoms with van der Waals surface area (Å²) in [5, 5.41) is 22.7. The first kappa shape index (κ1) is 15.8. The van der Waals surface area contributed by atoms with Crippen molar-refractivity contribution in [2.75, 3.05) is 5.32 Å². The molecule has 0 bridgehead atoms. The van der Waals surface area contributed by atoms with Gasteiger partial charge in [0.15, 0.2) is 12.1 Å². The summed E-state index contributed by atoms with van der Waals surface area (Å²) in [5.41, 5.74) is 4.37. The lowest BCUT2D eigenvalue weighted by molar-refractivity contribution is -0.0424. The first-order valence-electron chi connectivity index (χ1n) is 7.68. The molecule has 7 heteroatoms. The lowest BCUT2D eigenvalue weighted by Crippen LogP contribution is -2.02. The van der Waals surface area contributed by atoms with E-state index >= 15 is 0 Å². The molecule has 0 radical (unpaired) electrons. The van der Waals surface area contributed by atoms with Crippen LogP contribution in [-0.2, 0) is 0 Å². The maximum atomic E-state index is 9.41. The van der Waals surface area contributed by atoms with Gasteiger partial charge in [-0.2, -0.15) is 0 Å². The number of aryl methyl sites for hydroxylation is 1. The molecule has 6 nitrogen and oxygen atoms in total. The van der Waals surface area contributed by atoms with Crippen molar-refractivity contribution < 1.29 is 10.2 Å². The van der Waals surface area contributed by atoms with E-state index in [2.05, 4.69) is 15.3 Å². The Morgan fingerprint density at radius 3 is 2.76 bits per heavy atom. The van der Waals surface area contributed by atoms with Crippen molar-refractivity contribution in [3.8, 4) is 0 Å². The smallest absolute Gasteiger partial charge is 0.178 e. The summed E-state index contributed by atoms with van der Waals surface area (Å²) in [5.74, 6) is 0.589. The van der Waals surface area contributed by atoms with Gasteiger partial charge in [-0.15, -0.1) is 0 Å². The quantitative estimate of drug-likeness (QED) is 0.490. The molecule has 25 heavy (non-hydrogen) atoms. The Balaban J connectivity index is 1.94. The molecule has 0 amide bonds. The van der Waals surface area contributed by atoms with Crippen molar-refractivity contribution in [3.05, 3.63) is 65.1 Å². The zero-order valence-corrected chi connectivity index (χ0v) is 14.1. The number of benzene rings is 2. The van der Waals surface area contributed by atoms with E-state index < -0.39 is 6.29 Å². The number of hydrogen-bond acceptors (Lipinski definition) is 5. The maximum absolute atomic E-state index is 9.41. The van der Waals surface area contributed by atoms with E-state index in [4.69, 9.17) is 11.6 Å². The Morgan fingerprint density at radius 1 is 1.16 bits per heavy atom. The number of nitrogens with one attached hydrogen (secondary N) is 1. The molecule has 0 unspecified atom stereocenters. The number of aliphatic hydroxyl groups is 2. The molecular formula is C18H15ClN4O2. The van der Waals surface area contributed by atoms with Crippen LogP contribution in [-0.4, -0.2) is 24.6 Å². The first-order valence-corrected chi connectivity index (χ1v) is 8.06. The lowest BCUT2D eigenvalue weighted by Gasteiger charge is -2.14. The number of aliphatic hydroxyl groups excluding tert-OH is 1. The summed E-state index contributed by atoms with van der Waals surface area (Å²) >= 11 is 6.31. The number of para-hydroxylation sites is 1. The average molecular weight is 355 g/mol. The Labute approximate surface area is 148 Å². The standard InChI is InChI=1S/C18H15ClN4O2/c1-10-3-2-4-12(19)16(10)22-17-15-8-20-9-23(15)14-6-5-11(18(24)25)7-13(14)21-17/h2-9,18,24-25H,1H3,(H,21,22). The van der Waals surface area contributed by atoms with E-state index in [1.807, 2.05) is 29.5 Å². The molecule has 4 aromatic rings. The third-order valence-corrected chi connectivity index (χ3v) is 4.45. The zero-order valence-electron chi connectivity index (χ0n) is 13.3. The van der Waals surface area contributed by atoms with Gasteiger partial charge < -0.3 is 15.5 Å². The van der Waals surface area contributed by atoms with Gasteiger partial charge in [-0.05, 0) is 30.7 Å². The van der Waals surface area contributed by atoms with Crippen LogP contribution in [0.5, 0.6) is 0 Å². The summed E-state index contributed by atoms with van der Waals surface area (Å²) in [4.78, 5) is 8.85. The number of rotatable bonds is 3. The van der Waals surface area contributed by atoms with Crippen LogP contribution in [0.2, 0.25) is 5.02 Å². The van der Waals surface area contributed by atoms with Crippen molar-refractivity contribution in [2.45, 2.75) is 13.2 Å². The van der Waals surface area contributed by atoms with E-state index in [0.717, 1.165) is 22.3 Å². The fourth-order valence-corrected chi connectivity index (χ4v) is 3.10. The van der Waals surface area contributed by atoms with Crippen LogP contribution in [0, 0.1) is 6.92 Å². The number of imidazole rings is 1. The van der Waals surface area contributed by atoms with Crippen molar-refractivity contribution in [1.29, 1.82) is 0 Å². The van der Waals surface area contributed by atoms with Gasteiger partial charge >= 0.3 is 0 Å². The third kappa shape index (κ3) is 2.70. The van der Waals surface area contributed by atoms with E-state index in [9.17, 15) is 10.2 Å². The van der Waals surface area contributed by atoms with E-state index in [1.54, 1.807) is 30.7 Å². The Bertz CT molecular complexity index is 1070. The lowest BCUT2D eigenvalue weighted by atomic mass is 10.1. The van der Waals surface area contributed by atoms with Crippen molar-refractivity contribution in [3.63, 3.8) is 0 Å². The fraction of sp³-hybridized carbons (Fsp3) is 0.111. The molecule has 0 fully saturated rings. The molecule has 0 aliphatic heterocycles. The Kier molecular flexibility index (Phi) is 3.80. The number of halogens is 1. The minimum atomic E-state index is -1.55. The molecule has 2 heterocycles. The summed E-state index contributed by atoms with van der Waals surface area (Å²) in [6, 6.07) is 10.7. The van der Waals surface area contributed by atoms with Gasteiger partial charge in [-0.25, -0.2) is 9.97 Å². The van der Waals surface area contributed by atoms with Crippen LogP contribution in [0.15, 0.2) is 48.9 Å². The van der Waals surface area contributed by atoms with Gasteiger partial charge in [-0.3, -0.25) is 4.40 Å². The molecule has 0 atom stereocenters. The molecule has 0 spiro atoms. The number of aromatic nitrogens is 3. The zero-order chi connectivity index (χ0) is 17.6. The topological polar surface area (TPSA) is 82.7 Å². The number of hydrogen-bond donors (Lipinski definition) is 3. The highest BCUT2D eigenvalue weighted by Crippen LogP contribution is 2.31. The molecule has 0 saturated heterocycles. The van der Waals surface area contributed by atoms with Crippen LogP contribution in [0.3, 0.4) is 0 Å². The maximum Gasteiger partial charge on any atom is 0.178 e. The summed E-state index contributed by atoms with van der Waals surface area (Å²) < 4.78 is 1.89. The molecule has 3 N–H and O–H groups in total. The highest BCUT2D eigenvalue weighted by molar-refractivity contribution is 6.33. The summed E-state index contributed by atoms with van der Waals surface area (Å²) in [7, 11) is 0. The van der Waals surface area contributed by atoms with Crippen LogP contribution in [0.25, 0.3) is 16.6 Å². The predicted octanol–water partition coefficient (Wildman–Crippen LogP) is 3.57. The second-order valence-electron chi connectivity index (χ2n) is 5.79. The molecule has 126 valence electrons. The molecule has 2 aromatic carbocycles. The summed E-state index contributed by atoms with van der Waals surface area (Å²) in [6.07, 6.45) is 1.86. The predicted molar refractivity (Wildman–Crippen MR) is 97.1 cm³/mol. The van der Waals surface area contributed by atoms with Gasteiger partial charge in [0, 0.05) is 5.56 Å². The SMILES string of the molecule is Cc1cccc(Cl)c1Nc1nc2cc(C(O)O)ccc2n2cncc12. The number of nitrogens with zero attached hydrogens (tertiary/aromatic N) is 3. The molecule has 0 aliphatic rings. The normalized spacial score (nSPS) is 11.6. The molecule has 2 aromatic heterocycles. The van der Waals surface area contributed by atoms with Crippen LogP contribution in [0.4, 0.5) is 11.5 Å². The number of fused-ring (bicyclic) bond motifs is 3. The minimum Gasteiger partial charge on any atom is -0.364 e. The van der Waals surface area contributed by atoms with E-state index in [0.29, 0.717) is 21.9 Å². The van der Waals surface area contributed by atoms with Crippen LogP contribution < -0.4 is 5.32 Å². The molecular weight excluding hydrogens is 340 g/mol. The first-order chi connectivity index (χ1) is 12.0. The summed E-state index contributed by atoms with van der Waals surface area (Å²) in [6.45, 7) is 1.96. The molecule has 0 saturated carbocycles. The number of anilines is 2. The monoisotopic (exact) mass is 354 g/mol. The largest absolute Gasteiger partial charge is 0.364 e. The van der Waals surface area contributed by atoms with Gasteiger partial charge in [0.25, 0.3) is 0 Å². The van der Waals surface area contributed by atoms with E-state index in [1.165, 1.54) is 0 Å².